The van der Waals surface area contributed by atoms with E-state index in [1.54, 1.807) is 12.3 Å². The number of aliphatic imine (C=N–C) groups is 1. The van der Waals surface area contributed by atoms with Crippen molar-refractivity contribution in [2.24, 2.45) is 4.99 Å². The third-order valence-electron chi connectivity index (χ3n) is 1.32. The van der Waals surface area contributed by atoms with Crippen LogP contribution in [0.5, 0.6) is 0 Å². The molecule has 0 spiro atoms. The topological polar surface area (TPSA) is 36.1 Å². The van der Waals surface area contributed by atoms with Gasteiger partial charge in [0.25, 0.3) is 0 Å². The van der Waals surface area contributed by atoms with Crippen LogP contribution in [0.4, 0.5) is 0 Å². The van der Waals surface area contributed by atoms with Gasteiger partial charge >= 0.3 is 0 Å². The van der Waals surface area contributed by atoms with Crippen molar-refractivity contribution >= 4 is 21.6 Å². The van der Waals surface area contributed by atoms with E-state index in [2.05, 4.69) is 20.9 Å². The van der Waals surface area contributed by atoms with E-state index < -0.39 is 0 Å². The summed E-state index contributed by atoms with van der Waals surface area (Å²) >= 11 is 3.31. The molecule has 0 amide bonds. The average molecular weight is 211 g/mol. The molecule has 0 aromatic heterocycles. The molecule has 1 aliphatic rings. The molecule has 1 aliphatic heterocycles. The standard InChI is InChI=1S/C8H7BrN2/c9-4-8-3-1-2-7(5-10)6-11-8/h1-2,6H,3-4H2. The first-order valence-corrected chi connectivity index (χ1v) is 4.37. The van der Waals surface area contributed by atoms with Crippen LogP contribution in [0.3, 0.4) is 0 Å². The van der Waals surface area contributed by atoms with Crippen LogP contribution < -0.4 is 0 Å². The van der Waals surface area contributed by atoms with Gasteiger partial charge in [-0.15, -0.1) is 0 Å². The maximum Gasteiger partial charge on any atom is 0.101 e. The molecule has 1 rings (SSSR count). The first kappa shape index (κ1) is 8.22. The summed E-state index contributed by atoms with van der Waals surface area (Å²) in [5.41, 5.74) is 1.66. The Morgan fingerprint density at radius 2 is 2.55 bits per heavy atom. The van der Waals surface area contributed by atoms with Gasteiger partial charge < -0.3 is 0 Å². The van der Waals surface area contributed by atoms with Gasteiger partial charge in [-0.3, -0.25) is 4.99 Å². The molecule has 56 valence electrons. The summed E-state index contributed by atoms with van der Waals surface area (Å²) in [4.78, 5) is 4.12. The smallest absolute Gasteiger partial charge is 0.101 e. The van der Waals surface area contributed by atoms with Crippen molar-refractivity contribution in [2.75, 3.05) is 5.33 Å². The molecular formula is C8H7BrN2. The minimum absolute atomic E-state index is 0.612. The quantitative estimate of drug-likeness (QED) is 0.612. The van der Waals surface area contributed by atoms with Gasteiger partial charge in [-0.1, -0.05) is 22.0 Å². The summed E-state index contributed by atoms with van der Waals surface area (Å²) in [7, 11) is 0. The van der Waals surface area contributed by atoms with Gasteiger partial charge in [0.15, 0.2) is 0 Å². The predicted octanol–water partition coefficient (Wildman–Crippen LogP) is 2.19. The minimum atomic E-state index is 0.612. The van der Waals surface area contributed by atoms with E-state index in [1.807, 2.05) is 12.1 Å². The van der Waals surface area contributed by atoms with Crippen LogP contribution >= 0.6 is 15.9 Å². The van der Waals surface area contributed by atoms with Gasteiger partial charge in [-0.2, -0.15) is 5.26 Å². The van der Waals surface area contributed by atoms with Crippen LogP contribution in [-0.4, -0.2) is 11.0 Å². The van der Waals surface area contributed by atoms with E-state index in [-0.39, 0.29) is 0 Å². The van der Waals surface area contributed by atoms with E-state index in [1.165, 1.54) is 0 Å². The van der Waals surface area contributed by atoms with Crippen LogP contribution in [0.2, 0.25) is 0 Å². The highest BCUT2D eigenvalue weighted by atomic mass is 79.9. The lowest BCUT2D eigenvalue weighted by Gasteiger charge is -1.91. The predicted molar refractivity (Wildman–Crippen MR) is 48.7 cm³/mol. The Kier molecular flexibility index (Phi) is 3.06. The highest BCUT2D eigenvalue weighted by Gasteiger charge is 1.97. The molecule has 0 aromatic rings. The summed E-state index contributed by atoms with van der Waals surface area (Å²) in [6.07, 6.45) is 6.16. The Hall–Kier alpha value is -0.880. The second-order valence-electron chi connectivity index (χ2n) is 2.13. The molecule has 0 N–H and O–H groups in total. The van der Waals surface area contributed by atoms with Crippen molar-refractivity contribution < 1.29 is 0 Å². The first-order valence-electron chi connectivity index (χ1n) is 3.25. The van der Waals surface area contributed by atoms with E-state index in [0.29, 0.717) is 5.57 Å². The fourth-order valence-corrected chi connectivity index (χ4v) is 1.11. The SMILES string of the molecule is N#CC1=CN=C(CBr)CC=C1. The zero-order valence-corrected chi connectivity index (χ0v) is 7.50. The van der Waals surface area contributed by atoms with E-state index in [0.717, 1.165) is 17.5 Å². The third kappa shape index (κ3) is 2.32. The highest BCUT2D eigenvalue weighted by Crippen LogP contribution is 2.05. The van der Waals surface area contributed by atoms with Crippen LogP contribution in [-0.2, 0) is 0 Å². The maximum absolute atomic E-state index is 8.52. The van der Waals surface area contributed by atoms with E-state index in [4.69, 9.17) is 5.26 Å². The zero-order chi connectivity index (χ0) is 8.10. The van der Waals surface area contributed by atoms with Gasteiger partial charge in [-0.05, 0) is 6.08 Å². The number of hydrogen-bond donors (Lipinski definition) is 0. The molecule has 0 bridgehead atoms. The Balaban J connectivity index is 2.83. The second-order valence-corrected chi connectivity index (χ2v) is 2.69. The van der Waals surface area contributed by atoms with Crippen molar-refractivity contribution in [3.63, 3.8) is 0 Å². The normalized spacial score (nSPS) is 16.4. The average Bonchev–Trinajstić information content (AvgIpc) is 2.28. The fraction of sp³-hybridized carbons (Fsp3) is 0.250. The molecule has 0 fully saturated rings. The monoisotopic (exact) mass is 210 g/mol. The minimum Gasteiger partial charge on any atom is -0.263 e. The molecule has 0 atom stereocenters. The summed E-state index contributed by atoms with van der Waals surface area (Å²) < 4.78 is 0. The number of rotatable bonds is 1. The van der Waals surface area contributed by atoms with Gasteiger partial charge in [0.2, 0.25) is 0 Å². The van der Waals surface area contributed by atoms with Crippen molar-refractivity contribution in [2.45, 2.75) is 6.42 Å². The van der Waals surface area contributed by atoms with Crippen molar-refractivity contribution in [1.29, 1.82) is 5.26 Å². The number of nitriles is 1. The lowest BCUT2D eigenvalue weighted by atomic mass is 10.2. The molecular weight excluding hydrogens is 204 g/mol. The summed E-state index contributed by atoms with van der Waals surface area (Å²) in [6.45, 7) is 0. The number of allylic oxidation sites excluding steroid dienone is 3. The molecule has 0 radical (unpaired) electrons. The van der Waals surface area contributed by atoms with Gasteiger partial charge in [0.1, 0.15) is 6.07 Å². The maximum atomic E-state index is 8.52. The Bertz CT molecular complexity index is 268. The van der Waals surface area contributed by atoms with Gasteiger partial charge in [-0.25, -0.2) is 0 Å². The van der Waals surface area contributed by atoms with Crippen LogP contribution in [0.15, 0.2) is 28.9 Å². The Morgan fingerprint density at radius 1 is 1.73 bits per heavy atom. The van der Waals surface area contributed by atoms with Crippen molar-refractivity contribution in [3.8, 4) is 6.07 Å². The third-order valence-corrected chi connectivity index (χ3v) is 1.97. The fourth-order valence-electron chi connectivity index (χ4n) is 0.734. The number of hydrogen-bond acceptors (Lipinski definition) is 2. The van der Waals surface area contributed by atoms with Gasteiger partial charge in [0.05, 0.1) is 5.57 Å². The largest absolute Gasteiger partial charge is 0.263 e. The number of alkyl halides is 1. The van der Waals surface area contributed by atoms with Crippen molar-refractivity contribution in [3.05, 3.63) is 23.9 Å². The molecule has 11 heavy (non-hydrogen) atoms. The van der Waals surface area contributed by atoms with Gasteiger partial charge in [0, 0.05) is 23.7 Å². The molecule has 1 heterocycles. The number of nitrogens with zero attached hydrogens (tertiary/aromatic N) is 2. The first-order chi connectivity index (χ1) is 5.36. The Morgan fingerprint density at radius 3 is 3.18 bits per heavy atom. The summed E-state index contributed by atoms with van der Waals surface area (Å²) in [5.74, 6) is 0. The molecule has 0 unspecified atom stereocenters. The van der Waals surface area contributed by atoms with E-state index in [9.17, 15) is 0 Å². The molecule has 0 saturated carbocycles. The van der Waals surface area contributed by atoms with Crippen LogP contribution in [0, 0.1) is 11.3 Å². The lowest BCUT2D eigenvalue weighted by molar-refractivity contribution is 1.41. The second kappa shape index (κ2) is 4.09. The Labute approximate surface area is 74.1 Å². The molecule has 0 aliphatic carbocycles. The molecule has 0 aromatic carbocycles. The molecule has 2 nitrogen and oxygen atoms in total. The van der Waals surface area contributed by atoms with Crippen LogP contribution in [0.25, 0.3) is 0 Å². The zero-order valence-electron chi connectivity index (χ0n) is 5.92. The number of halogens is 1. The lowest BCUT2D eigenvalue weighted by Crippen LogP contribution is -1.95. The molecule has 0 saturated heterocycles. The van der Waals surface area contributed by atoms with Crippen LogP contribution in [0.1, 0.15) is 6.42 Å². The molecule has 3 heteroatoms. The summed E-state index contributed by atoms with van der Waals surface area (Å²) in [6, 6.07) is 2.04. The highest BCUT2D eigenvalue weighted by molar-refractivity contribution is 9.09. The summed E-state index contributed by atoms with van der Waals surface area (Å²) in [5, 5.41) is 9.29. The van der Waals surface area contributed by atoms with Crippen molar-refractivity contribution in [1.82, 2.24) is 0 Å². The van der Waals surface area contributed by atoms with E-state index >= 15 is 0 Å².